The van der Waals surface area contributed by atoms with E-state index in [0.717, 1.165) is 10.9 Å². The third kappa shape index (κ3) is 1.60. The Morgan fingerprint density at radius 3 is 2.44 bits per heavy atom. The Bertz CT molecular complexity index is 687. The summed E-state index contributed by atoms with van der Waals surface area (Å²) >= 11 is 0. The SMILES string of the molecule is Cc1cccc2c1cc(C1=CC=C1)[s+]2C(F)(F)F. The molecule has 0 amide bonds. The number of aryl methyl sites for hydroxylation is 1. The maximum absolute atomic E-state index is 13.3. The lowest BCUT2D eigenvalue weighted by Crippen LogP contribution is -1.98. The van der Waals surface area contributed by atoms with Crippen LogP contribution in [-0.2, 0) is 5.51 Å². The number of rotatable bonds is 1. The predicted octanol–water partition coefficient (Wildman–Crippen LogP) is 5.33. The predicted molar refractivity (Wildman–Crippen MR) is 69.6 cm³/mol. The Morgan fingerprint density at radius 1 is 1.17 bits per heavy atom. The van der Waals surface area contributed by atoms with E-state index in [0.29, 0.717) is 15.2 Å². The summed E-state index contributed by atoms with van der Waals surface area (Å²) < 4.78 is 40.2. The maximum atomic E-state index is 13.3. The van der Waals surface area contributed by atoms with Gasteiger partial charge in [-0.3, -0.25) is 0 Å². The third-order valence-corrected chi connectivity index (χ3v) is 5.12. The molecule has 0 aliphatic heterocycles. The van der Waals surface area contributed by atoms with Crippen molar-refractivity contribution >= 4 is 26.1 Å². The number of alkyl halides is 3. The molecule has 0 nitrogen and oxygen atoms in total. The van der Waals surface area contributed by atoms with E-state index in [1.54, 1.807) is 36.4 Å². The molecule has 0 saturated carbocycles. The van der Waals surface area contributed by atoms with Gasteiger partial charge in [-0.05, 0) is 30.7 Å². The number of benzene rings is 1. The number of hydrogen-bond donors (Lipinski definition) is 0. The van der Waals surface area contributed by atoms with E-state index in [1.165, 1.54) is 0 Å². The van der Waals surface area contributed by atoms with Crippen molar-refractivity contribution < 1.29 is 13.2 Å². The van der Waals surface area contributed by atoms with E-state index < -0.39 is 16.0 Å². The molecule has 1 atom stereocenters. The Balaban J connectivity index is 2.38. The summed E-state index contributed by atoms with van der Waals surface area (Å²) in [5.41, 5.74) is -2.62. The van der Waals surface area contributed by atoms with Crippen molar-refractivity contribution in [3.63, 3.8) is 0 Å². The van der Waals surface area contributed by atoms with Crippen LogP contribution in [0.25, 0.3) is 15.7 Å². The molecule has 2 aromatic rings. The van der Waals surface area contributed by atoms with Crippen LogP contribution in [0.1, 0.15) is 10.4 Å². The summed E-state index contributed by atoms with van der Waals surface area (Å²) in [6.45, 7) is 1.85. The monoisotopic (exact) mass is 267 g/mol. The molecule has 1 unspecified atom stereocenters. The summed E-state index contributed by atoms with van der Waals surface area (Å²) in [5.74, 6) is 0. The summed E-state index contributed by atoms with van der Waals surface area (Å²) in [5, 5.41) is 0.731. The highest BCUT2D eigenvalue weighted by molar-refractivity contribution is 7.39. The highest BCUT2D eigenvalue weighted by Gasteiger charge is 2.48. The van der Waals surface area contributed by atoms with E-state index in [4.69, 9.17) is 0 Å². The first-order valence-electron chi connectivity index (χ1n) is 5.49. The zero-order valence-electron chi connectivity index (χ0n) is 9.58. The van der Waals surface area contributed by atoms with Crippen molar-refractivity contribution in [3.8, 4) is 0 Å². The van der Waals surface area contributed by atoms with Crippen LogP contribution in [0.3, 0.4) is 0 Å². The molecule has 4 heteroatoms. The standard InChI is InChI=1S/C14H10F3S/c1-9-4-2-7-12-11(9)8-13(10-5-3-6-10)18(12)14(15,16)17/h2-8H,1H3/q+1. The van der Waals surface area contributed by atoms with Gasteiger partial charge in [-0.2, -0.15) is 0 Å². The average molecular weight is 267 g/mol. The van der Waals surface area contributed by atoms with E-state index in [2.05, 4.69) is 0 Å². The van der Waals surface area contributed by atoms with Crippen LogP contribution < -0.4 is 0 Å². The van der Waals surface area contributed by atoms with Crippen LogP contribution in [0.4, 0.5) is 13.2 Å². The number of thiophene rings is 1. The van der Waals surface area contributed by atoms with Crippen molar-refractivity contribution in [3.05, 3.63) is 52.9 Å². The van der Waals surface area contributed by atoms with E-state index in [9.17, 15) is 13.2 Å². The largest absolute Gasteiger partial charge is 0.601 e. The average Bonchev–Trinajstić information content (AvgIpc) is 2.54. The van der Waals surface area contributed by atoms with Gasteiger partial charge in [-0.15, -0.1) is 13.2 Å². The Morgan fingerprint density at radius 2 is 1.89 bits per heavy atom. The fourth-order valence-electron chi connectivity index (χ4n) is 2.13. The fourth-order valence-corrected chi connectivity index (χ4v) is 4.13. The second-order valence-corrected chi connectivity index (χ2v) is 6.18. The molecule has 1 aliphatic carbocycles. The van der Waals surface area contributed by atoms with E-state index in [1.807, 2.05) is 13.0 Å². The van der Waals surface area contributed by atoms with Crippen LogP contribution in [0.15, 0.2) is 42.5 Å². The number of fused-ring (bicyclic) bond motifs is 1. The molecule has 0 bridgehead atoms. The minimum absolute atomic E-state index is 0.398. The fraction of sp³-hybridized carbons (Fsp3) is 0.143. The first-order chi connectivity index (χ1) is 8.48. The lowest BCUT2D eigenvalue weighted by molar-refractivity contribution is -0.0866. The van der Waals surface area contributed by atoms with Crippen LogP contribution >= 0.6 is 10.5 Å². The van der Waals surface area contributed by atoms with Gasteiger partial charge < -0.3 is 0 Å². The summed E-state index contributed by atoms with van der Waals surface area (Å²) in [7, 11) is -1.80. The number of hydrogen-bond acceptors (Lipinski definition) is 0. The van der Waals surface area contributed by atoms with Gasteiger partial charge in [0.1, 0.15) is 10.5 Å². The molecule has 1 aromatic heterocycles. The molecule has 0 fully saturated rings. The van der Waals surface area contributed by atoms with Gasteiger partial charge >= 0.3 is 5.51 Å². The second-order valence-electron chi connectivity index (χ2n) is 4.23. The molecule has 18 heavy (non-hydrogen) atoms. The molecular weight excluding hydrogens is 257 g/mol. The van der Waals surface area contributed by atoms with Crippen molar-refractivity contribution in [2.45, 2.75) is 12.4 Å². The zero-order chi connectivity index (χ0) is 12.9. The normalized spacial score (nSPS) is 15.8. The van der Waals surface area contributed by atoms with Gasteiger partial charge in [0.15, 0.2) is 9.58 Å². The van der Waals surface area contributed by atoms with Gasteiger partial charge in [-0.25, -0.2) is 0 Å². The van der Waals surface area contributed by atoms with Crippen LogP contribution in [-0.4, -0.2) is 0 Å². The minimum Gasteiger partial charge on any atom is -0.118 e. The maximum Gasteiger partial charge on any atom is 0.601 e. The Hall–Kier alpha value is -1.55. The van der Waals surface area contributed by atoms with Crippen molar-refractivity contribution in [2.75, 3.05) is 0 Å². The smallest absolute Gasteiger partial charge is 0.118 e. The zero-order valence-corrected chi connectivity index (χ0v) is 10.4. The van der Waals surface area contributed by atoms with Crippen LogP contribution in [0, 0.1) is 6.92 Å². The van der Waals surface area contributed by atoms with Gasteiger partial charge in [0, 0.05) is 17.0 Å². The molecule has 3 rings (SSSR count). The van der Waals surface area contributed by atoms with Gasteiger partial charge in [0.25, 0.3) is 0 Å². The van der Waals surface area contributed by atoms with Gasteiger partial charge in [-0.1, -0.05) is 18.2 Å². The van der Waals surface area contributed by atoms with Crippen molar-refractivity contribution in [1.82, 2.24) is 0 Å². The molecule has 1 aliphatic rings. The number of halogens is 3. The first kappa shape index (κ1) is 11.5. The molecule has 1 heterocycles. The highest BCUT2D eigenvalue weighted by Crippen LogP contribution is 2.54. The lowest BCUT2D eigenvalue weighted by Gasteiger charge is -2.04. The first-order valence-corrected chi connectivity index (χ1v) is 6.72. The minimum atomic E-state index is -4.21. The molecule has 0 N–H and O–H groups in total. The van der Waals surface area contributed by atoms with E-state index in [-0.39, 0.29) is 0 Å². The molecule has 0 radical (unpaired) electrons. The second kappa shape index (κ2) is 3.72. The van der Waals surface area contributed by atoms with Crippen molar-refractivity contribution in [1.29, 1.82) is 0 Å². The van der Waals surface area contributed by atoms with Crippen molar-refractivity contribution in [2.24, 2.45) is 0 Å². The molecule has 0 saturated heterocycles. The highest BCUT2D eigenvalue weighted by atomic mass is 32.2. The van der Waals surface area contributed by atoms with Crippen LogP contribution in [0.5, 0.6) is 0 Å². The number of allylic oxidation sites excluding steroid dienone is 4. The Labute approximate surface area is 105 Å². The Kier molecular flexibility index (Phi) is 2.38. The summed E-state index contributed by atoms with van der Waals surface area (Å²) in [6.07, 6.45) is 5.24. The summed E-state index contributed by atoms with van der Waals surface area (Å²) in [4.78, 5) is 0.398. The molecule has 0 spiro atoms. The summed E-state index contributed by atoms with van der Waals surface area (Å²) in [6, 6.07) is 6.82. The van der Waals surface area contributed by atoms with Gasteiger partial charge in [0.2, 0.25) is 0 Å². The quantitative estimate of drug-likeness (QED) is 0.613. The lowest BCUT2D eigenvalue weighted by atomic mass is 10.1. The molecule has 92 valence electrons. The topological polar surface area (TPSA) is 0 Å². The van der Waals surface area contributed by atoms with E-state index >= 15 is 0 Å². The molecular formula is C14H10F3S+. The molecule has 1 aromatic carbocycles. The van der Waals surface area contributed by atoms with Crippen LogP contribution in [0.2, 0.25) is 0 Å². The van der Waals surface area contributed by atoms with Gasteiger partial charge in [0.05, 0.1) is 0 Å². The third-order valence-electron chi connectivity index (χ3n) is 3.07.